The van der Waals surface area contributed by atoms with E-state index in [1.54, 1.807) is 0 Å². The number of hydrogen-bond donors (Lipinski definition) is 0. The predicted octanol–water partition coefficient (Wildman–Crippen LogP) is 2.47. The molecule has 1 aromatic heterocycles. The third-order valence-corrected chi connectivity index (χ3v) is 6.51. The van der Waals surface area contributed by atoms with E-state index in [0.717, 1.165) is 57.0 Å². The molecule has 7 heteroatoms. The van der Waals surface area contributed by atoms with Crippen molar-refractivity contribution in [3.8, 4) is 0 Å². The molecule has 0 spiro atoms. The van der Waals surface area contributed by atoms with Crippen molar-refractivity contribution in [2.24, 2.45) is 17.8 Å². The van der Waals surface area contributed by atoms with Crippen LogP contribution in [0.4, 0.5) is 0 Å². The average molecular weight is 391 g/mol. The van der Waals surface area contributed by atoms with Gasteiger partial charge in [0.15, 0.2) is 0 Å². The number of ether oxygens (including phenoxy) is 2. The maximum Gasteiger partial charge on any atom is 0.248 e. The van der Waals surface area contributed by atoms with Crippen molar-refractivity contribution in [3.63, 3.8) is 0 Å². The molecule has 1 saturated heterocycles. The third kappa shape index (κ3) is 4.57. The van der Waals surface area contributed by atoms with E-state index in [2.05, 4.69) is 23.4 Å². The van der Waals surface area contributed by atoms with Gasteiger partial charge in [-0.3, -0.25) is 4.79 Å². The predicted molar refractivity (Wildman–Crippen MR) is 105 cm³/mol. The lowest BCUT2D eigenvalue weighted by Gasteiger charge is -2.37. The van der Waals surface area contributed by atoms with E-state index in [4.69, 9.17) is 9.47 Å². The topological polar surface area (TPSA) is 69.5 Å². The summed E-state index contributed by atoms with van der Waals surface area (Å²) >= 11 is 0. The molecule has 4 atom stereocenters. The van der Waals surface area contributed by atoms with E-state index >= 15 is 0 Å². The Labute approximate surface area is 167 Å². The summed E-state index contributed by atoms with van der Waals surface area (Å²) in [7, 11) is 0. The van der Waals surface area contributed by atoms with E-state index in [1.807, 2.05) is 16.5 Å². The van der Waals surface area contributed by atoms with Crippen molar-refractivity contribution in [1.29, 1.82) is 0 Å². The smallest absolute Gasteiger partial charge is 0.248 e. The van der Waals surface area contributed by atoms with Gasteiger partial charge in [0, 0.05) is 32.5 Å². The largest absolute Gasteiger partial charge is 0.376 e. The second-order valence-electron chi connectivity index (χ2n) is 8.75. The highest BCUT2D eigenvalue weighted by molar-refractivity contribution is 5.77. The molecule has 7 nitrogen and oxygen atoms in total. The van der Waals surface area contributed by atoms with Crippen molar-refractivity contribution in [1.82, 2.24) is 19.9 Å². The summed E-state index contributed by atoms with van der Waals surface area (Å²) in [5, 5.41) is 8.81. The van der Waals surface area contributed by atoms with E-state index in [-0.39, 0.29) is 24.7 Å². The molecule has 0 unspecified atom stereocenters. The quantitative estimate of drug-likeness (QED) is 0.648. The Morgan fingerprint density at radius 1 is 1.21 bits per heavy atom. The van der Waals surface area contributed by atoms with E-state index in [0.29, 0.717) is 18.4 Å². The molecule has 2 saturated carbocycles. The lowest BCUT2D eigenvalue weighted by Crippen LogP contribution is -2.38. The molecule has 28 heavy (non-hydrogen) atoms. The number of nitrogens with zero attached hydrogens (tertiary/aromatic N) is 4. The molecule has 0 aromatic carbocycles. The molecular weight excluding hydrogens is 356 g/mol. The minimum Gasteiger partial charge on any atom is -0.376 e. The second-order valence-corrected chi connectivity index (χ2v) is 8.75. The summed E-state index contributed by atoms with van der Waals surface area (Å²) in [6.45, 7) is 7.40. The Morgan fingerprint density at radius 3 is 2.71 bits per heavy atom. The van der Waals surface area contributed by atoms with Gasteiger partial charge in [0.05, 0.1) is 17.8 Å². The van der Waals surface area contributed by atoms with Crippen molar-refractivity contribution < 1.29 is 14.3 Å². The van der Waals surface area contributed by atoms with Crippen LogP contribution in [0.5, 0.6) is 0 Å². The van der Waals surface area contributed by atoms with Crippen LogP contribution in [0.25, 0.3) is 0 Å². The molecule has 3 fully saturated rings. The second kappa shape index (κ2) is 8.91. The number of carbonyl (C=O) groups excluding carboxylic acids is 1. The number of carbonyl (C=O) groups is 1. The normalized spacial score (nSPS) is 29.9. The summed E-state index contributed by atoms with van der Waals surface area (Å²) in [6.07, 6.45) is 8.92. The van der Waals surface area contributed by atoms with Gasteiger partial charge in [-0.05, 0) is 56.8 Å². The molecule has 0 radical (unpaired) electrons. The van der Waals surface area contributed by atoms with Gasteiger partial charge in [0.25, 0.3) is 0 Å². The number of hydrogen-bond acceptors (Lipinski definition) is 5. The van der Waals surface area contributed by atoms with Crippen LogP contribution in [0.1, 0.15) is 57.7 Å². The van der Waals surface area contributed by atoms with Crippen LogP contribution in [-0.2, 0) is 20.7 Å². The fraction of sp³-hybridized carbons (Fsp3) is 0.857. The van der Waals surface area contributed by atoms with Gasteiger partial charge in [0.2, 0.25) is 5.91 Å². The standard InChI is InChI=1S/C21H34N4O3/c1-3-5-18-12-25(23-22-18)19-8-16-10-24(21(26)14-27-4-2)11-17(16)9-20(19)28-13-15-6-7-15/h12,15-17,19-20H,3-11,13-14H2,1-2H3/t16-,17+,19-,20-/m1/s1. The third-order valence-electron chi connectivity index (χ3n) is 6.51. The molecule has 2 heterocycles. The number of rotatable bonds is 9. The molecule has 1 aromatic rings. The van der Waals surface area contributed by atoms with Crippen molar-refractivity contribution in [2.45, 2.75) is 64.5 Å². The van der Waals surface area contributed by atoms with E-state index < -0.39 is 0 Å². The minimum atomic E-state index is 0.120. The monoisotopic (exact) mass is 390 g/mol. The maximum atomic E-state index is 12.4. The lowest BCUT2D eigenvalue weighted by molar-refractivity contribution is -0.135. The lowest BCUT2D eigenvalue weighted by atomic mass is 9.77. The first kappa shape index (κ1) is 19.8. The van der Waals surface area contributed by atoms with Crippen molar-refractivity contribution in [3.05, 3.63) is 11.9 Å². The zero-order valence-electron chi connectivity index (χ0n) is 17.3. The number of likely N-dealkylation sites (tertiary alicyclic amines) is 1. The van der Waals surface area contributed by atoms with Gasteiger partial charge in [-0.25, -0.2) is 4.68 Å². The van der Waals surface area contributed by atoms with Crippen LogP contribution in [0.2, 0.25) is 0 Å². The number of aromatic nitrogens is 3. The van der Waals surface area contributed by atoms with Gasteiger partial charge in [-0.1, -0.05) is 18.6 Å². The summed E-state index contributed by atoms with van der Waals surface area (Å²) < 4.78 is 13.8. The number of aryl methyl sites for hydroxylation is 1. The first-order valence-corrected chi connectivity index (χ1v) is 11.1. The molecule has 1 aliphatic heterocycles. The summed E-state index contributed by atoms with van der Waals surface area (Å²) in [5.41, 5.74) is 1.06. The van der Waals surface area contributed by atoms with Crippen LogP contribution in [0, 0.1) is 17.8 Å². The molecular formula is C21H34N4O3. The highest BCUT2D eigenvalue weighted by atomic mass is 16.5. The van der Waals surface area contributed by atoms with Crippen LogP contribution in [0.3, 0.4) is 0 Å². The first-order valence-electron chi connectivity index (χ1n) is 11.1. The van der Waals surface area contributed by atoms with Gasteiger partial charge < -0.3 is 14.4 Å². The summed E-state index contributed by atoms with van der Waals surface area (Å²) in [6, 6.07) is 0.222. The van der Waals surface area contributed by atoms with Crippen LogP contribution < -0.4 is 0 Å². The molecule has 0 N–H and O–H groups in total. The fourth-order valence-electron chi connectivity index (χ4n) is 4.72. The van der Waals surface area contributed by atoms with Crippen LogP contribution in [0.15, 0.2) is 6.20 Å². The molecule has 0 bridgehead atoms. The molecule has 2 aliphatic carbocycles. The van der Waals surface area contributed by atoms with Crippen molar-refractivity contribution >= 4 is 5.91 Å². The van der Waals surface area contributed by atoms with E-state index in [1.165, 1.54) is 12.8 Å². The summed E-state index contributed by atoms with van der Waals surface area (Å²) in [5.74, 6) is 1.90. The zero-order chi connectivity index (χ0) is 19.5. The van der Waals surface area contributed by atoms with Gasteiger partial charge in [0.1, 0.15) is 6.61 Å². The first-order chi connectivity index (χ1) is 13.7. The number of amides is 1. The maximum absolute atomic E-state index is 12.4. The Kier molecular flexibility index (Phi) is 6.31. The highest BCUT2D eigenvalue weighted by Crippen LogP contribution is 2.43. The molecule has 156 valence electrons. The Bertz CT molecular complexity index is 660. The zero-order valence-corrected chi connectivity index (χ0v) is 17.3. The van der Waals surface area contributed by atoms with Crippen molar-refractivity contribution in [2.75, 3.05) is 32.9 Å². The van der Waals surface area contributed by atoms with Gasteiger partial charge in [-0.15, -0.1) is 5.10 Å². The fourth-order valence-corrected chi connectivity index (χ4v) is 4.72. The Morgan fingerprint density at radius 2 is 2.00 bits per heavy atom. The number of fused-ring (bicyclic) bond motifs is 1. The highest BCUT2D eigenvalue weighted by Gasteiger charge is 2.45. The molecule has 1 amide bonds. The van der Waals surface area contributed by atoms with Crippen LogP contribution >= 0.6 is 0 Å². The molecule has 4 rings (SSSR count). The van der Waals surface area contributed by atoms with Gasteiger partial charge >= 0.3 is 0 Å². The Balaban J connectivity index is 1.44. The average Bonchev–Trinajstić information content (AvgIpc) is 3.25. The minimum absolute atomic E-state index is 0.120. The molecule has 3 aliphatic rings. The SMILES string of the molecule is CCCc1cn([C@@H]2C[C@@H]3CN(C(=O)COCC)C[C@@H]3C[C@H]2OCC2CC2)nn1. The van der Waals surface area contributed by atoms with Gasteiger partial charge in [-0.2, -0.15) is 0 Å². The Hall–Kier alpha value is -1.47. The van der Waals surface area contributed by atoms with Crippen LogP contribution in [-0.4, -0.2) is 64.8 Å². The summed E-state index contributed by atoms with van der Waals surface area (Å²) in [4.78, 5) is 14.4. The van der Waals surface area contributed by atoms with E-state index in [9.17, 15) is 4.79 Å².